The van der Waals surface area contributed by atoms with Crippen molar-refractivity contribution >= 4 is 28.9 Å². The molecule has 0 aliphatic carbocycles. The normalized spacial score (nSPS) is 11.5. The minimum atomic E-state index is -0.502. The zero-order chi connectivity index (χ0) is 19.3. The van der Waals surface area contributed by atoms with Crippen LogP contribution in [0.15, 0.2) is 30.3 Å². The number of aryl methyl sites for hydroxylation is 1. The molecule has 2 rings (SSSR count). The Labute approximate surface area is 158 Å². The number of halogens is 1. The minimum absolute atomic E-state index is 0.202. The number of methoxy groups -OCH3 is 3. The van der Waals surface area contributed by atoms with Crippen molar-refractivity contribution in [2.75, 3.05) is 32.0 Å². The second-order valence-electron chi connectivity index (χ2n) is 5.73. The van der Waals surface area contributed by atoms with Gasteiger partial charge in [-0.25, -0.2) is 0 Å². The van der Waals surface area contributed by atoms with Crippen LogP contribution in [0.25, 0.3) is 0 Å². The van der Waals surface area contributed by atoms with E-state index in [1.165, 1.54) is 0 Å². The fraction of sp³-hybridized carbons (Fsp3) is 0.316. The molecule has 2 N–H and O–H groups in total. The zero-order valence-corrected chi connectivity index (χ0v) is 16.2. The number of nitrogens with one attached hydrogen (secondary N) is 2. The number of hydrogen-bond donors (Lipinski definition) is 2. The summed E-state index contributed by atoms with van der Waals surface area (Å²) in [5.74, 6) is 1.51. The predicted molar refractivity (Wildman–Crippen MR) is 104 cm³/mol. The lowest BCUT2D eigenvalue weighted by molar-refractivity contribution is -0.116. The molecule has 0 bridgehead atoms. The molecule has 140 valence electrons. The molecule has 0 fully saturated rings. The van der Waals surface area contributed by atoms with E-state index >= 15 is 0 Å². The Morgan fingerprint density at radius 2 is 1.65 bits per heavy atom. The Morgan fingerprint density at radius 3 is 2.27 bits per heavy atom. The first-order chi connectivity index (χ1) is 12.4. The summed E-state index contributed by atoms with van der Waals surface area (Å²) in [4.78, 5) is 12.5. The molecular formula is C19H23ClN2O4. The maximum absolute atomic E-state index is 12.5. The van der Waals surface area contributed by atoms with Gasteiger partial charge < -0.3 is 24.8 Å². The maximum Gasteiger partial charge on any atom is 0.246 e. The van der Waals surface area contributed by atoms with Crippen molar-refractivity contribution in [2.45, 2.75) is 19.9 Å². The predicted octanol–water partition coefficient (Wildman–Crippen LogP) is 4.11. The van der Waals surface area contributed by atoms with Crippen LogP contribution in [0.1, 0.15) is 12.5 Å². The molecule has 2 aromatic rings. The first kappa shape index (κ1) is 19.7. The molecule has 1 amide bonds. The van der Waals surface area contributed by atoms with E-state index in [0.29, 0.717) is 33.6 Å². The highest BCUT2D eigenvalue weighted by Gasteiger charge is 2.17. The van der Waals surface area contributed by atoms with E-state index in [2.05, 4.69) is 10.6 Å². The van der Waals surface area contributed by atoms with Crippen LogP contribution >= 0.6 is 11.6 Å². The smallest absolute Gasteiger partial charge is 0.246 e. The summed E-state index contributed by atoms with van der Waals surface area (Å²) in [5, 5.41) is 6.60. The summed E-state index contributed by atoms with van der Waals surface area (Å²) in [6.07, 6.45) is 0. The van der Waals surface area contributed by atoms with Crippen LogP contribution in [0.5, 0.6) is 17.2 Å². The topological polar surface area (TPSA) is 68.8 Å². The molecule has 0 aliphatic rings. The van der Waals surface area contributed by atoms with Gasteiger partial charge in [0.1, 0.15) is 11.8 Å². The molecule has 0 spiro atoms. The third-order valence-corrected chi connectivity index (χ3v) is 4.30. The molecule has 0 aromatic heterocycles. The van der Waals surface area contributed by atoms with Crippen molar-refractivity contribution in [3.63, 3.8) is 0 Å². The van der Waals surface area contributed by atoms with E-state index < -0.39 is 6.04 Å². The highest BCUT2D eigenvalue weighted by Crippen LogP contribution is 2.32. The standard InChI is InChI=1S/C19H23ClN2O4/c1-11-8-15(17(25-4)10-14(11)20)21-12(2)19(23)22-13-6-7-16(24-3)18(9-13)26-5/h6-10,12,21H,1-5H3,(H,22,23). The quantitative estimate of drug-likeness (QED) is 0.758. The van der Waals surface area contributed by atoms with Crippen molar-refractivity contribution in [1.29, 1.82) is 0 Å². The Hall–Kier alpha value is -2.60. The third-order valence-electron chi connectivity index (χ3n) is 3.90. The van der Waals surface area contributed by atoms with Gasteiger partial charge in [-0.1, -0.05) is 11.6 Å². The number of ether oxygens (including phenoxy) is 3. The van der Waals surface area contributed by atoms with E-state index in [1.807, 2.05) is 13.0 Å². The van der Waals surface area contributed by atoms with Gasteiger partial charge in [-0.3, -0.25) is 4.79 Å². The largest absolute Gasteiger partial charge is 0.495 e. The first-order valence-electron chi connectivity index (χ1n) is 8.03. The summed E-state index contributed by atoms with van der Waals surface area (Å²) in [6.45, 7) is 3.65. The summed E-state index contributed by atoms with van der Waals surface area (Å²) in [6, 6.07) is 8.25. The van der Waals surface area contributed by atoms with E-state index in [9.17, 15) is 4.79 Å². The van der Waals surface area contributed by atoms with Crippen LogP contribution in [0.4, 0.5) is 11.4 Å². The molecule has 0 radical (unpaired) electrons. The molecule has 0 saturated heterocycles. The molecule has 26 heavy (non-hydrogen) atoms. The number of carbonyl (C=O) groups is 1. The van der Waals surface area contributed by atoms with Gasteiger partial charge in [-0.05, 0) is 37.6 Å². The lowest BCUT2D eigenvalue weighted by Gasteiger charge is -2.19. The monoisotopic (exact) mass is 378 g/mol. The van der Waals surface area contributed by atoms with Crippen LogP contribution in [0.2, 0.25) is 5.02 Å². The molecule has 2 aromatic carbocycles. The summed E-state index contributed by atoms with van der Waals surface area (Å²) in [7, 11) is 4.66. The number of hydrogen-bond acceptors (Lipinski definition) is 5. The fourth-order valence-corrected chi connectivity index (χ4v) is 2.56. The first-order valence-corrected chi connectivity index (χ1v) is 8.41. The lowest BCUT2D eigenvalue weighted by atomic mass is 10.2. The molecule has 1 unspecified atom stereocenters. The van der Waals surface area contributed by atoms with Crippen LogP contribution < -0.4 is 24.8 Å². The summed E-state index contributed by atoms with van der Waals surface area (Å²) >= 11 is 6.12. The SMILES string of the molecule is COc1cc(Cl)c(C)cc1NC(C)C(=O)Nc1ccc(OC)c(OC)c1. The maximum atomic E-state index is 12.5. The van der Waals surface area contributed by atoms with Gasteiger partial charge in [0.05, 0.1) is 27.0 Å². The van der Waals surface area contributed by atoms with Gasteiger partial charge in [0.15, 0.2) is 11.5 Å². The molecule has 6 nitrogen and oxygen atoms in total. The Bertz CT molecular complexity index is 795. The number of benzene rings is 2. The van der Waals surface area contributed by atoms with Gasteiger partial charge in [0.25, 0.3) is 0 Å². The van der Waals surface area contributed by atoms with Crippen LogP contribution in [0, 0.1) is 6.92 Å². The van der Waals surface area contributed by atoms with Gasteiger partial charge in [0, 0.05) is 22.8 Å². The Balaban J connectivity index is 2.12. The summed E-state index contributed by atoms with van der Waals surface area (Å²) in [5.41, 5.74) is 2.20. The highest BCUT2D eigenvalue weighted by atomic mass is 35.5. The number of anilines is 2. The average Bonchev–Trinajstić information content (AvgIpc) is 2.64. The van der Waals surface area contributed by atoms with Crippen molar-refractivity contribution in [3.8, 4) is 17.2 Å². The van der Waals surface area contributed by atoms with Crippen molar-refractivity contribution < 1.29 is 19.0 Å². The van der Waals surface area contributed by atoms with Gasteiger partial charge in [-0.15, -0.1) is 0 Å². The Morgan fingerprint density at radius 1 is 1.00 bits per heavy atom. The van der Waals surface area contributed by atoms with Crippen LogP contribution in [-0.4, -0.2) is 33.3 Å². The second-order valence-corrected chi connectivity index (χ2v) is 6.13. The van der Waals surface area contributed by atoms with Gasteiger partial charge >= 0.3 is 0 Å². The lowest BCUT2D eigenvalue weighted by Crippen LogP contribution is -2.32. The molecule has 0 heterocycles. The summed E-state index contributed by atoms with van der Waals surface area (Å²) < 4.78 is 15.8. The molecular weight excluding hydrogens is 356 g/mol. The third kappa shape index (κ3) is 4.52. The average molecular weight is 379 g/mol. The van der Waals surface area contributed by atoms with Crippen molar-refractivity contribution in [3.05, 3.63) is 40.9 Å². The van der Waals surface area contributed by atoms with Crippen molar-refractivity contribution in [1.82, 2.24) is 0 Å². The van der Waals surface area contributed by atoms with E-state index in [1.54, 1.807) is 52.5 Å². The zero-order valence-electron chi connectivity index (χ0n) is 15.5. The van der Waals surface area contributed by atoms with Crippen molar-refractivity contribution in [2.24, 2.45) is 0 Å². The second kappa shape index (κ2) is 8.67. The van der Waals surface area contributed by atoms with Crippen LogP contribution in [-0.2, 0) is 4.79 Å². The van der Waals surface area contributed by atoms with E-state index in [0.717, 1.165) is 5.56 Å². The molecule has 1 atom stereocenters. The Kier molecular flexibility index (Phi) is 6.58. The minimum Gasteiger partial charge on any atom is -0.495 e. The molecule has 0 saturated carbocycles. The number of carbonyl (C=O) groups excluding carboxylic acids is 1. The van der Waals surface area contributed by atoms with Crippen LogP contribution in [0.3, 0.4) is 0 Å². The van der Waals surface area contributed by atoms with E-state index in [-0.39, 0.29) is 5.91 Å². The fourth-order valence-electron chi connectivity index (χ4n) is 2.41. The highest BCUT2D eigenvalue weighted by molar-refractivity contribution is 6.31. The number of amides is 1. The molecule has 7 heteroatoms. The molecule has 0 aliphatic heterocycles. The van der Waals surface area contributed by atoms with Gasteiger partial charge in [-0.2, -0.15) is 0 Å². The van der Waals surface area contributed by atoms with Gasteiger partial charge in [0.2, 0.25) is 5.91 Å². The number of rotatable bonds is 7. The van der Waals surface area contributed by atoms with E-state index in [4.69, 9.17) is 25.8 Å².